The third-order valence-corrected chi connectivity index (χ3v) is 3.37. The normalized spacial score (nSPS) is 14.3. The molecule has 0 aliphatic heterocycles. The third-order valence-electron chi connectivity index (χ3n) is 3.37. The van der Waals surface area contributed by atoms with Gasteiger partial charge in [0.1, 0.15) is 17.3 Å². The molecule has 0 amide bonds. The third kappa shape index (κ3) is 5.70. The summed E-state index contributed by atoms with van der Waals surface area (Å²) in [4.78, 5) is 11.9. The highest BCUT2D eigenvalue weighted by atomic mass is 16.5. The van der Waals surface area contributed by atoms with Gasteiger partial charge in [-0.2, -0.15) is 0 Å². The molecule has 0 atom stereocenters. The molecule has 2 aromatic rings. The second-order valence-corrected chi connectivity index (χ2v) is 5.36. The van der Waals surface area contributed by atoms with E-state index >= 15 is 0 Å². The second kappa shape index (κ2) is 8.55. The zero-order chi connectivity index (χ0) is 20.7. The van der Waals surface area contributed by atoms with Gasteiger partial charge in [0, 0.05) is 6.08 Å². The number of rotatable bonds is 6. The van der Waals surface area contributed by atoms with E-state index in [0.717, 1.165) is 11.6 Å². The molecule has 4 heteroatoms. The van der Waals surface area contributed by atoms with E-state index in [1.165, 1.54) is 30.4 Å². The van der Waals surface area contributed by atoms with Gasteiger partial charge in [0.15, 0.2) is 5.78 Å². The predicted octanol–water partition coefficient (Wildman–Crippen LogP) is 4.45. The van der Waals surface area contributed by atoms with Crippen LogP contribution in [0.4, 0.5) is 0 Å². The summed E-state index contributed by atoms with van der Waals surface area (Å²) < 4.78 is 26.1. The van der Waals surface area contributed by atoms with E-state index < -0.39 is 12.8 Å². The highest BCUT2D eigenvalue weighted by Gasteiger charge is 1.98. The Morgan fingerprint density at radius 2 is 1.88 bits per heavy atom. The van der Waals surface area contributed by atoms with Crippen LogP contribution in [0.15, 0.2) is 66.5 Å². The molecule has 4 nitrogen and oxygen atoms in total. The Balaban J connectivity index is 2.02. The van der Waals surface area contributed by atoms with Crippen molar-refractivity contribution in [3.05, 3.63) is 83.1 Å². The summed E-state index contributed by atoms with van der Waals surface area (Å²) in [6.45, 7) is 1.75. The fraction of sp³-hybridized carbons (Fsp3) is 0.0952. The molecule has 0 radical (unpaired) electrons. The van der Waals surface area contributed by atoms with Crippen LogP contribution in [0.3, 0.4) is 0 Å². The lowest BCUT2D eigenvalue weighted by Crippen LogP contribution is -1.89. The largest absolute Gasteiger partial charge is 0.508 e. The van der Waals surface area contributed by atoms with E-state index in [1.54, 1.807) is 43.3 Å². The average Bonchev–Trinajstić information content (AvgIpc) is 2.60. The minimum atomic E-state index is -2.54. The number of carbonyl (C=O) groups is 1. The molecule has 0 aliphatic rings. The van der Waals surface area contributed by atoms with E-state index in [9.17, 15) is 15.0 Å². The molecule has 0 saturated carbocycles. The molecule has 0 heterocycles. The number of aliphatic hydroxyl groups excluding tert-OH is 1. The summed E-state index contributed by atoms with van der Waals surface area (Å²) in [5.41, 5.74) is 2.04. The van der Waals surface area contributed by atoms with Gasteiger partial charge in [-0.05, 0) is 60.0 Å². The predicted molar refractivity (Wildman–Crippen MR) is 99.6 cm³/mol. The number of allylic oxidation sites excluding steroid dienone is 3. The van der Waals surface area contributed by atoms with Crippen molar-refractivity contribution in [3.8, 4) is 11.5 Å². The average molecular weight is 339 g/mol. The first kappa shape index (κ1) is 14.1. The Bertz CT molecular complexity index is 941. The quantitative estimate of drug-likeness (QED) is 0.464. The zero-order valence-corrected chi connectivity index (χ0v) is 13.6. The lowest BCUT2D eigenvalue weighted by molar-refractivity contribution is -0.110. The first-order valence-corrected chi connectivity index (χ1v) is 7.52. The minimum Gasteiger partial charge on any atom is -0.508 e. The summed E-state index contributed by atoms with van der Waals surface area (Å²) in [6.07, 6.45) is 6.80. The van der Waals surface area contributed by atoms with Crippen LogP contribution < -0.4 is 4.74 Å². The molecule has 0 bridgehead atoms. The number of hydrogen-bond donors (Lipinski definition) is 2. The molecule has 2 rings (SSSR count). The van der Waals surface area contributed by atoms with E-state index in [0.29, 0.717) is 11.1 Å². The maximum absolute atomic E-state index is 11.9. The SMILES string of the molecule is [2H]C([2H])([2H])Oc1cccc(/C=C/C(O)=CC(=O)/C=C/c2ccc(O)c(C)c2)c1. The molecule has 0 fully saturated rings. The van der Waals surface area contributed by atoms with Gasteiger partial charge in [0.25, 0.3) is 0 Å². The number of phenols is 1. The van der Waals surface area contributed by atoms with Crippen molar-refractivity contribution in [2.75, 3.05) is 7.04 Å². The van der Waals surface area contributed by atoms with Gasteiger partial charge < -0.3 is 14.9 Å². The Morgan fingerprint density at radius 1 is 1.12 bits per heavy atom. The molecule has 2 aromatic carbocycles. The zero-order valence-electron chi connectivity index (χ0n) is 16.6. The molecule has 0 aliphatic carbocycles. The topological polar surface area (TPSA) is 66.8 Å². The molecular weight excluding hydrogens is 316 g/mol. The standard InChI is InChI=1S/C21H20O4/c1-15-12-17(8-11-21(15)24)7-10-19(23)14-18(22)9-6-16-4-3-5-20(13-16)25-2/h3-14,22,24H,1-2H3/b9-6+,10-7+,18-14?/i2D3. The van der Waals surface area contributed by atoms with Crippen molar-refractivity contribution in [3.63, 3.8) is 0 Å². The van der Waals surface area contributed by atoms with Crippen LogP contribution in [-0.4, -0.2) is 23.0 Å². The molecular formula is C21H20O4. The van der Waals surface area contributed by atoms with Crippen LogP contribution >= 0.6 is 0 Å². The Hall–Kier alpha value is -3.27. The first-order chi connectivity index (χ1) is 13.1. The maximum atomic E-state index is 11.9. The van der Waals surface area contributed by atoms with Gasteiger partial charge in [0.2, 0.25) is 0 Å². The molecule has 128 valence electrons. The molecule has 0 aromatic heterocycles. The van der Waals surface area contributed by atoms with E-state index in [4.69, 9.17) is 8.85 Å². The van der Waals surface area contributed by atoms with Crippen molar-refractivity contribution >= 4 is 17.9 Å². The van der Waals surface area contributed by atoms with Crippen LogP contribution in [0.2, 0.25) is 0 Å². The van der Waals surface area contributed by atoms with Crippen LogP contribution in [-0.2, 0) is 4.79 Å². The number of hydrogen-bond acceptors (Lipinski definition) is 4. The highest BCUT2D eigenvalue weighted by molar-refractivity contribution is 6.02. The van der Waals surface area contributed by atoms with Crippen LogP contribution in [0, 0.1) is 6.92 Å². The van der Waals surface area contributed by atoms with Gasteiger partial charge in [-0.1, -0.05) is 30.4 Å². The van der Waals surface area contributed by atoms with Gasteiger partial charge >= 0.3 is 0 Å². The van der Waals surface area contributed by atoms with Crippen molar-refractivity contribution in [1.82, 2.24) is 0 Å². The second-order valence-electron chi connectivity index (χ2n) is 5.36. The van der Waals surface area contributed by atoms with E-state index in [2.05, 4.69) is 0 Å². The Kier molecular flexibility index (Phi) is 4.82. The summed E-state index contributed by atoms with van der Waals surface area (Å²) in [6, 6.07) is 11.3. The number of aliphatic hydroxyl groups is 1. The van der Waals surface area contributed by atoms with E-state index in [-0.39, 0.29) is 17.3 Å². The fourth-order valence-corrected chi connectivity index (χ4v) is 2.07. The van der Waals surface area contributed by atoms with Gasteiger partial charge in [-0.3, -0.25) is 4.79 Å². The number of ether oxygens (including phenoxy) is 1. The molecule has 0 unspecified atom stereocenters. The van der Waals surface area contributed by atoms with Crippen LogP contribution in [0.5, 0.6) is 11.5 Å². The van der Waals surface area contributed by atoms with Crippen LogP contribution in [0.25, 0.3) is 12.2 Å². The van der Waals surface area contributed by atoms with Crippen molar-refractivity contribution in [2.45, 2.75) is 6.92 Å². The number of phenolic OH excluding ortho intramolecular Hbond substituents is 1. The van der Waals surface area contributed by atoms with Crippen molar-refractivity contribution < 1.29 is 23.9 Å². The smallest absolute Gasteiger partial charge is 0.182 e. The van der Waals surface area contributed by atoms with Gasteiger partial charge in [-0.25, -0.2) is 0 Å². The summed E-state index contributed by atoms with van der Waals surface area (Å²) in [5.74, 6) is -0.306. The lowest BCUT2D eigenvalue weighted by atomic mass is 10.1. The molecule has 2 N–H and O–H groups in total. The maximum Gasteiger partial charge on any atom is 0.182 e. The number of aryl methyl sites for hydroxylation is 1. The number of methoxy groups -OCH3 is 1. The summed E-state index contributed by atoms with van der Waals surface area (Å²) in [5, 5.41) is 19.4. The highest BCUT2D eigenvalue weighted by Crippen LogP contribution is 2.18. The van der Waals surface area contributed by atoms with Crippen molar-refractivity contribution in [2.24, 2.45) is 0 Å². The minimum absolute atomic E-state index is 0.175. The molecule has 0 spiro atoms. The molecule has 25 heavy (non-hydrogen) atoms. The summed E-state index contributed by atoms with van der Waals surface area (Å²) in [7, 11) is -2.54. The monoisotopic (exact) mass is 339 g/mol. The fourth-order valence-electron chi connectivity index (χ4n) is 2.07. The van der Waals surface area contributed by atoms with Gasteiger partial charge in [-0.15, -0.1) is 0 Å². The number of benzene rings is 2. The van der Waals surface area contributed by atoms with Gasteiger partial charge in [0.05, 0.1) is 11.2 Å². The first-order valence-electron chi connectivity index (χ1n) is 9.02. The van der Waals surface area contributed by atoms with Crippen molar-refractivity contribution in [1.29, 1.82) is 0 Å². The Morgan fingerprint density at radius 3 is 2.64 bits per heavy atom. The molecule has 0 saturated heterocycles. The van der Waals surface area contributed by atoms with E-state index in [1.807, 2.05) is 0 Å². The Labute approximate surface area is 151 Å². The van der Waals surface area contributed by atoms with Crippen LogP contribution in [0.1, 0.15) is 20.8 Å². The number of aromatic hydroxyl groups is 1. The number of ketones is 1. The lowest BCUT2D eigenvalue weighted by Gasteiger charge is -2.00. The summed E-state index contributed by atoms with van der Waals surface area (Å²) >= 11 is 0. The number of carbonyl (C=O) groups excluding carboxylic acids is 1.